The first-order valence-electron chi connectivity index (χ1n) is 9.27. The van der Waals surface area contributed by atoms with Gasteiger partial charge in [-0.15, -0.1) is 0 Å². The Balaban J connectivity index is 1.51. The van der Waals surface area contributed by atoms with Crippen LogP contribution in [0.2, 0.25) is 0 Å². The van der Waals surface area contributed by atoms with E-state index >= 15 is 0 Å². The molecule has 6 nitrogen and oxygen atoms in total. The van der Waals surface area contributed by atoms with Crippen molar-refractivity contribution in [2.24, 2.45) is 0 Å². The fourth-order valence-corrected chi connectivity index (χ4v) is 3.77. The van der Waals surface area contributed by atoms with Crippen LogP contribution < -0.4 is 15.4 Å². The molecule has 1 atom stereocenters. The summed E-state index contributed by atoms with van der Waals surface area (Å²) in [6.45, 7) is 4.34. The molecule has 0 saturated carbocycles. The van der Waals surface area contributed by atoms with Gasteiger partial charge in [-0.1, -0.05) is 6.07 Å². The number of rotatable bonds is 4. The third-order valence-corrected chi connectivity index (χ3v) is 5.00. The molecule has 0 amide bonds. The summed E-state index contributed by atoms with van der Waals surface area (Å²) in [6.07, 6.45) is -3.45. The summed E-state index contributed by atoms with van der Waals surface area (Å²) >= 11 is 0. The smallest absolute Gasteiger partial charge is 0.422 e. The summed E-state index contributed by atoms with van der Waals surface area (Å²) in [4.78, 5) is 10.5. The molecule has 3 heterocycles. The van der Waals surface area contributed by atoms with Gasteiger partial charge in [0.15, 0.2) is 6.61 Å². The number of halogens is 3. The van der Waals surface area contributed by atoms with E-state index in [0.717, 1.165) is 38.3 Å². The third-order valence-electron chi connectivity index (χ3n) is 5.00. The zero-order valence-electron chi connectivity index (χ0n) is 15.5. The molecule has 0 spiro atoms. The monoisotopic (exact) mass is 393 g/mol. The summed E-state index contributed by atoms with van der Waals surface area (Å²) in [5, 5.41) is 6.61. The highest BCUT2D eigenvalue weighted by molar-refractivity contribution is 5.59. The minimum atomic E-state index is -4.43. The lowest BCUT2D eigenvalue weighted by atomic mass is 9.91. The lowest BCUT2D eigenvalue weighted by molar-refractivity contribution is -0.154. The molecule has 28 heavy (non-hydrogen) atoms. The van der Waals surface area contributed by atoms with Crippen molar-refractivity contribution in [1.82, 2.24) is 20.2 Å². The first-order valence-corrected chi connectivity index (χ1v) is 9.27. The second-order valence-corrected chi connectivity index (χ2v) is 7.13. The number of nitrogens with one attached hydrogen (secondary N) is 2. The van der Waals surface area contributed by atoms with Crippen molar-refractivity contribution in [2.75, 3.05) is 38.1 Å². The first kappa shape index (κ1) is 18.9. The van der Waals surface area contributed by atoms with Crippen molar-refractivity contribution in [2.45, 2.75) is 25.6 Å². The number of anilines is 2. The van der Waals surface area contributed by atoms with Gasteiger partial charge < -0.3 is 15.4 Å². The highest BCUT2D eigenvalue weighted by atomic mass is 19.4. The van der Waals surface area contributed by atoms with Crippen LogP contribution in [0.4, 0.5) is 24.7 Å². The maximum absolute atomic E-state index is 12.4. The van der Waals surface area contributed by atoms with E-state index in [4.69, 9.17) is 0 Å². The van der Waals surface area contributed by atoms with Gasteiger partial charge in [0.25, 0.3) is 0 Å². The summed E-state index contributed by atoms with van der Waals surface area (Å²) < 4.78 is 41.8. The molecule has 1 aromatic heterocycles. The number of aromatic nitrogens is 2. The van der Waals surface area contributed by atoms with E-state index in [0.29, 0.717) is 17.6 Å². The highest BCUT2D eigenvalue weighted by Gasteiger charge is 2.30. The number of fused-ring (bicyclic) bond motifs is 3. The van der Waals surface area contributed by atoms with E-state index in [1.807, 2.05) is 6.07 Å². The topological polar surface area (TPSA) is 62.3 Å². The largest absolute Gasteiger partial charge is 0.454 e. The van der Waals surface area contributed by atoms with Crippen molar-refractivity contribution >= 4 is 11.5 Å². The quantitative estimate of drug-likeness (QED) is 0.833. The molecule has 2 N–H and O–H groups in total. The zero-order chi connectivity index (χ0) is 19.7. The van der Waals surface area contributed by atoms with Crippen LogP contribution in [0.15, 0.2) is 24.3 Å². The maximum atomic E-state index is 12.4. The second kappa shape index (κ2) is 7.56. The fraction of sp³-hybridized carbons (Fsp3) is 0.474. The predicted octanol–water partition coefficient (Wildman–Crippen LogP) is 2.97. The van der Waals surface area contributed by atoms with E-state index in [2.05, 4.69) is 42.4 Å². The van der Waals surface area contributed by atoms with E-state index < -0.39 is 12.8 Å². The predicted molar refractivity (Wildman–Crippen MR) is 98.9 cm³/mol. The molecule has 0 aliphatic carbocycles. The molecular weight excluding hydrogens is 371 g/mol. The van der Waals surface area contributed by atoms with Crippen molar-refractivity contribution in [3.05, 3.63) is 41.1 Å². The van der Waals surface area contributed by atoms with Gasteiger partial charge in [-0.3, -0.25) is 4.90 Å². The van der Waals surface area contributed by atoms with Crippen LogP contribution in [0.5, 0.6) is 6.01 Å². The van der Waals surface area contributed by atoms with Crippen LogP contribution >= 0.6 is 0 Å². The van der Waals surface area contributed by atoms with E-state index in [-0.39, 0.29) is 6.01 Å². The molecule has 2 aromatic rings. The van der Waals surface area contributed by atoms with Gasteiger partial charge in [0.1, 0.15) is 5.82 Å². The van der Waals surface area contributed by atoms with Gasteiger partial charge in [-0.25, -0.2) is 4.98 Å². The lowest BCUT2D eigenvalue weighted by Gasteiger charge is -2.41. The Morgan fingerprint density at radius 2 is 2.11 bits per heavy atom. The molecule has 1 fully saturated rings. The molecular formula is C19H22F3N5O. The molecule has 0 bridgehead atoms. The maximum Gasteiger partial charge on any atom is 0.422 e. The first-order chi connectivity index (χ1) is 13.4. The average Bonchev–Trinajstić information content (AvgIpc) is 2.65. The standard InChI is InChI=1S/C19H22F3N5O/c1-12-8-17(26-18(24-12)28-11-19(20,21)22)25-14-2-3-15-13(9-14)4-6-27-7-5-23-10-16(15)27/h2-3,8-9,16,23H,4-7,10-11H2,1H3,(H,24,25,26). The van der Waals surface area contributed by atoms with E-state index in [9.17, 15) is 13.2 Å². The Kier molecular flexibility index (Phi) is 5.11. The van der Waals surface area contributed by atoms with Crippen LogP contribution in [0.1, 0.15) is 22.9 Å². The molecule has 2 aliphatic rings. The Bertz CT molecular complexity index is 858. The number of ether oxygens (including phenoxy) is 1. The Labute approximate surface area is 161 Å². The Hall–Kier alpha value is -2.39. The number of piperazine rings is 1. The second-order valence-electron chi connectivity index (χ2n) is 7.13. The summed E-state index contributed by atoms with van der Waals surface area (Å²) in [5.41, 5.74) is 3.98. The molecule has 1 aromatic carbocycles. The zero-order valence-corrected chi connectivity index (χ0v) is 15.5. The van der Waals surface area contributed by atoms with Gasteiger partial charge in [0.05, 0.1) is 0 Å². The Morgan fingerprint density at radius 1 is 1.25 bits per heavy atom. The number of nitrogens with zero attached hydrogens (tertiary/aromatic N) is 3. The Morgan fingerprint density at radius 3 is 2.93 bits per heavy atom. The number of benzene rings is 1. The summed E-state index contributed by atoms with van der Waals surface area (Å²) in [6, 6.07) is 7.97. The van der Waals surface area contributed by atoms with Gasteiger partial charge >= 0.3 is 12.2 Å². The lowest BCUT2D eigenvalue weighted by Crippen LogP contribution is -2.48. The molecule has 9 heteroatoms. The van der Waals surface area contributed by atoms with Crippen molar-refractivity contribution in [3.63, 3.8) is 0 Å². The van der Waals surface area contributed by atoms with Crippen LogP contribution in [-0.4, -0.2) is 53.8 Å². The molecule has 1 unspecified atom stereocenters. The third kappa shape index (κ3) is 4.36. The average molecular weight is 393 g/mol. The fourth-order valence-electron chi connectivity index (χ4n) is 3.77. The van der Waals surface area contributed by atoms with E-state index in [1.54, 1.807) is 13.0 Å². The van der Waals surface area contributed by atoms with E-state index in [1.165, 1.54) is 11.1 Å². The van der Waals surface area contributed by atoms with Crippen LogP contribution in [-0.2, 0) is 6.42 Å². The summed E-state index contributed by atoms with van der Waals surface area (Å²) in [5.74, 6) is 0.404. The SMILES string of the molecule is Cc1cc(Nc2ccc3c(c2)CCN2CCNCC32)nc(OCC(F)(F)F)n1. The molecule has 0 radical (unpaired) electrons. The number of aryl methyl sites for hydroxylation is 1. The highest BCUT2D eigenvalue weighted by Crippen LogP contribution is 2.32. The van der Waals surface area contributed by atoms with Gasteiger partial charge in [0.2, 0.25) is 0 Å². The van der Waals surface area contributed by atoms with Crippen molar-refractivity contribution in [3.8, 4) is 6.01 Å². The number of hydrogen-bond donors (Lipinski definition) is 2. The van der Waals surface area contributed by atoms with Gasteiger partial charge in [-0.2, -0.15) is 18.2 Å². The van der Waals surface area contributed by atoms with Gasteiger partial charge in [0, 0.05) is 49.7 Å². The normalized spacial score (nSPS) is 19.6. The molecule has 1 saturated heterocycles. The number of alkyl halides is 3. The van der Waals surface area contributed by atoms with Crippen LogP contribution in [0, 0.1) is 6.92 Å². The van der Waals surface area contributed by atoms with Crippen LogP contribution in [0.3, 0.4) is 0 Å². The minimum absolute atomic E-state index is 0.290. The molecule has 2 aliphatic heterocycles. The summed E-state index contributed by atoms with van der Waals surface area (Å²) in [7, 11) is 0. The van der Waals surface area contributed by atoms with Gasteiger partial charge in [-0.05, 0) is 36.6 Å². The molecule has 150 valence electrons. The number of hydrogen-bond acceptors (Lipinski definition) is 6. The molecule has 4 rings (SSSR count). The van der Waals surface area contributed by atoms with Crippen molar-refractivity contribution in [1.29, 1.82) is 0 Å². The minimum Gasteiger partial charge on any atom is -0.454 e. The van der Waals surface area contributed by atoms with Crippen LogP contribution in [0.25, 0.3) is 0 Å². The van der Waals surface area contributed by atoms with Crippen molar-refractivity contribution < 1.29 is 17.9 Å².